The molecule has 30 heavy (non-hydrogen) atoms. The number of rotatable bonds is 3. The highest BCUT2D eigenvalue weighted by Crippen LogP contribution is 2.44. The predicted octanol–water partition coefficient (Wildman–Crippen LogP) is 4.46. The van der Waals surface area contributed by atoms with Crippen molar-refractivity contribution in [3.05, 3.63) is 59.3 Å². The molecule has 1 aliphatic carbocycles. The van der Waals surface area contributed by atoms with Crippen LogP contribution in [-0.4, -0.2) is 23.9 Å². The first kappa shape index (κ1) is 20.4. The van der Waals surface area contributed by atoms with Gasteiger partial charge in [-0.2, -0.15) is 0 Å². The van der Waals surface area contributed by atoms with E-state index in [4.69, 9.17) is 4.74 Å². The summed E-state index contributed by atoms with van der Waals surface area (Å²) in [4.78, 5) is 25.7. The Kier molecular flexibility index (Phi) is 5.02. The fourth-order valence-corrected chi connectivity index (χ4v) is 4.27. The molecule has 2 aromatic carbocycles. The zero-order valence-electron chi connectivity index (χ0n) is 17.9. The van der Waals surface area contributed by atoms with Crippen LogP contribution >= 0.6 is 0 Å². The summed E-state index contributed by atoms with van der Waals surface area (Å²) in [7, 11) is 1.66. The van der Waals surface area contributed by atoms with Gasteiger partial charge in [0.25, 0.3) is 0 Å². The van der Waals surface area contributed by atoms with Crippen molar-refractivity contribution in [3.8, 4) is 16.9 Å². The van der Waals surface area contributed by atoms with E-state index < -0.39 is 6.10 Å². The third kappa shape index (κ3) is 3.54. The summed E-state index contributed by atoms with van der Waals surface area (Å²) >= 11 is 0. The van der Waals surface area contributed by atoms with Crippen molar-refractivity contribution in [2.75, 3.05) is 12.0 Å². The van der Waals surface area contributed by atoms with Gasteiger partial charge in [0.15, 0.2) is 5.78 Å². The van der Waals surface area contributed by atoms with Crippen molar-refractivity contribution >= 4 is 17.4 Å². The van der Waals surface area contributed by atoms with Gasteiger partial charge < -0.3 is 9.84 Å². The molecule has 2 aromatic rings. The third-order valence-electron chi connectivity index (χ3n) is 5.87. The molecule has 0 spiro atoms. The first-order valence-electron chi connectivity index (χ1n) is 10.3. The quantitative estimate of drug-likeness (QED) is 0.766. The normalized spacial score (nSPS) is 18.7. The summed E-state index contributed by atoms with van der Waals surface area (Å²) in [5.74, 6) is 0.350. The number of nitrogens with zero attached hydrogens (tertiary/aromatic N) is 1. The lowest BCUT2D eigenvalue weighted by molar-refractivity contribution is -0.124. The van der Waals surface area contributed by atoms with Gasteiger partial charge in [-0.25, -0.2) is 0 Å². The highest BCUT2D eigenvalue weighted by molar-refractivity contribution is 6.13. The summed E-state index contributed by atoms with van der Waals surface area (Å²) in [5.41, 5.74) is 5.48. The number of ether oxygens (including phenoxy) is 1. The van der Waals surface area contributed by atoms with E-state index in [0.717, 1.165) is 46.4 Å². The van der Waals surface area contributed by atoms with Gasteiger partial charge >= 0.3 is 0 Å². The summed E-state index contributed by atoms with van der Waals surface area (Å²) in [5, 5.41) is 10.2. The van der Waals surface area contributed by atoms with Crippen LogP contribution in [0.4, 0.5) is 5.69 Å². The standard InChI is InChI=1S/C25H27NO4/c1-25(2,3)21-13-17(26-10-9-18(27)14-23(26)29)12-20(24(21)30-4)16-5-7-19-15(11-16)6-8-22(19)28/h5,7,9-13,22,28H,6,8,14H2,1-4H3. The Morgan fingerprint density at radius 2 is 1.90 bits per heavy atom. The first-order chi connectivity index (χ1) is 14.2. The molecule has 2 aliphatic rings. The Morgan fingerprint density at radius 3 is 2.57 bits per heavy atom. The first-order valence-corrected chi connectivity index (χ1v) is 10.3. The van der Waals surface area contributed by atoms with Crippen LogP contribution in [0.3, 0.4) is 0 Å². The van der Waals surface area contributed by atoms with E-state index in [9.17, 15) is 14.7 Å². The molecule has 156 valence electrons. The Bertz CT molecular complexity index is 1060. The zero-order chi connectivity index (χ0) is 21.6. The summed E-state index contributed by atoms with van der Waals surface area (Å²) < 4.78 is 5.86. The van der Waals surface area contributed by atoms with Gasteiger partial charge in [-0.05, 0) is 53.2 Å². The van der Waals surface area contributed by atoms with Gasteiger partial charge in [0.1, 0.15) is 5.75 Å². The molecule has 1 atom stereocenters. The number of hydrogen-bond donors (Lipinski definition) is 1. The van der Waals surface area contributed by atoms with Crippen molar-refractivity contribution in [1.82, 2.24) is 0 Å². The zero-order valence-corrected chi connectivity index (χ0v) is 17.9. The molecular formula is C25H27NO4. The van der Waals surface area contributed by atoms with Gasteiger partial charge in [-0.3, -0.25) is 14.5 Å². The number of fused-ring (bicyclic) bond motifs is 1. The molecule has 5 heteroatoms. The lowest BCUT2D eigenvalue weighted by Gasteiger charge is -2.28. The number of ketones is 1. The van der Waals surface area contributed by atoms with Crippen molar-refractivity contribution in [3.63, 3.8) is 0 Å². The molecule has 1 amide bonds. The minimum Gasteiger partial charge on any atom is -0.496 e. The van der Waals surface area contributed by atoms with Gasteiger partial charge in [0, 0.05) is 23.0 Å². The minimum atomic E-state index is -0.402. The maximum atomic E-state index is 12.6. The average molecular weight is 405 g/mol. The fraction of sp³-hybridized carbons (Fsp3) is 0.360. The molecule has 0 saturated heterocycles. The number of allylic oxidation sites excluding steroid dienone is 1. The second kappa shape index (κ2) is 7.40. The van der Waals surface area contributed by atoms with E-state index in [1.165, 1.54) is 11.0 Å². The number of amides is 1. The number of hydrogen-bond acceptors (Lipinski definition) is 4. The number of methoxy groups -OCH3 is 1. The second-order valence-electron chi connectivity index (χ2n) is 9.01. The monoisotopic (exact) mass is 405 g/mol. The van der Waals surface area contributed by atoms with E-state index in [1.54, 1.807) is 13.3 Å². The van der Waals surface area contributed by atoms with Crippen molar-refractivity contribution < 1.29 is 19.4 Å². The second-order valence-corrected chi connectivity index (χ2v) is 9.01. The summed E-state index contributed by atoms with van der Waals surface area (Å²) in [6.07, 6.45) is 4.04. The van der Waals surface area contributed by atoms with Crippen LogP contribution in [0.15, 0.2) is 42.6 Å². The molecule has 0 bridgehead atoms. The van der Waals surface area contributed by atoms with Crippen LogP contribution in [0.1, 0.15) is 56.4 Å². The van der Waals surface area contributed by atoms with Gasteiger partial charge in [-0.15, -0.1) is 0 Å². The largest absolute Gasteiger partial charge is 0.496 e. The maximum absolute atomic E-state index is 12.6. The number of aliphatic hydroxyl groups excluding tert-OH is 1. The van der Waals surface area contributed by atoms with E-state index in [2.05, 4.69) is 26.8 Å². The van der Waals surface area contributed by atoms with E-state index in [-0.39, 0.29) is 23.5 Å². The number of benzene rings is 2. The molecule has 4 rings (SSSR count). The van der Waals surface area contributed by atoms with Crippen molar-refractivity contribution in [2.45, 2.75) is 51.6 Å². The van der Waals surface area contributed by atoms with Gasteiger partial charge in [-0.1, -0.05) is 39.0 Å². The lowest BCUT2D eigenvalue weighted by atomic mass is 9.83. The topological polar surface area (TPSA) is 66.8 Å². The summed E-state index contributed by atoms with van der Waals surface area (Å²) in [6, 6.07) is 10.0. The smallest absolute Gasteiger partial charge is 0.238 e. The maximum Gasteiger partial charge on any atom is 0.238 e. The van der Waals surface area contributed by atoms with Crippen molar-refractivity contribution in [2.24, 2.45) is 0 Å². The van der Waals surface area contributed by atoms with Crippen molar-refractivity contribution in [1.29, 1.82) is 0 Å². The SMILES string of the molecule is COc1c(-c2ccc3c(c2)CCC3O)cc(N2C=CC(=O)CC2=O)cc1C(C)(C)C. The lowest BCUT2D eigenvalue weighted by Crippen LogP contribution is -2.31. The average Bonchev–Trinajstić information content (AvgIpc) is 3.06. The molecule has 1 unspecified atom stereocenters. The number of carbonyl (C=O) groups is 2. The molecule has 1 N–H and O–H groups in total. The Morgan fingerprint density at radius 1 is 1.13 bits per heavy atom. The molecule has 5 nitrogen and oxygen atoms in total. The molecule has 0 fully saturated rings. The van der Waals surface area contributed by atoms with Crippen LogP contribution in [0.2, 0.25) is 0 Å². The van der Waals surface area contributed by atoms with Gasteiger partial charge in [0.05, 0.1) is 19.6 Å². The number of anilines is 1. The fourth-order valence-electron chi connectivity index (χ4n) is 4.27. The molecule has 1 aliphatic heterocycles. The highest BCUT2D eigenvalue weighted by Gasteiger charge is 2.28. The van der Waals surface area contributed by atoms with E-state index in [0.29, 0.717) is 5.69 Å². The Hall–Kier alpha value is -2.92. The molecule has 0 radical (unpaired) electrons. The van der Waals surface area contributed by atoms with Crippen LogP contribution in [0, 0.1) is 0 Å². The number of carbonyl (C=O) groups excluding carboxylic acids is 2. The molecule has 1 heterocycles. The molecular weight excluding hydrogens is 378 g/mol. The minimum absolute atomic E-state index is 0.126. The van der Waals surface area contributed by atoms with Crippen LogP contribution in [0.5, 0.6) is 5.75 Å². The highest BCUT2D eigenvalue weighted by atomic mass is 16.5. The number of aliphatic hydroxyl groups is 1. The van der Waals surface area contributed by atoms with Crippen LogP contribution in [-0.2, 0) is 21.4 Å². The Balaban J connectivity index is 1.92. The van der Waals surface area contributed by atoms with E-state index >= 15 is 0 Å². The van der Waals surface area contributed by atoms with Crippen LogP contribution in [0.25, 0.3) is 11.1 Å². The summed E-state index contributed by atoms with van der Waals surface area (Å²) in [6.45, 7) is 6.32. The molecule has 0 aromatic heterocycles. The van der Waals surface area contributed by atoms with Gasteiger partial charge in [0.2, 0.25) is 5.91 Å². The van der Waals surface area contributed by atoms with Crippen LogP contribution < -0.4 is 9.64 Å². The van der Waals surface area contributed by atoms with E-state index in [1.807, 2.05) is 24.3 Å². The third-order valence-corrected chi connectivity index (χ3v) is 5.87. The molecule has 0 saturated carbocycles. The number of aryl methyl sites for hydroxylation is 1. The Labute approximate surface area is 177 Å². The predicted molar refractivity (Wildman–Crippen MR) is 117 cm³/mol.